The van der Waals surface area contributed by atoms with Gasteiger partial charge >= 0.3 is 5.69 Å². The molecule has 7 nitrogen and oxygen atoms in total. The lowest BCUT2D eigenvalue weighted by Crippen LogP contribution is -2.34. The number of nitrogens with one attached hydrogen (secondary N) is 1. The van der Waals surface area contributed by atoms with E-state index in [-0.39, 0.29) is 37.1 Å². The van der Waals surface area contributed by atoms with Crippen LogP contribution in [0.1, 0.15) is 0 Å². The minimum atomic E-state index is -0.364. The fourth-order valence-electron chi connectivity index (χ4n) is 2.52. The molecule has 0 saturated carbocycles. The van der Waals surface area contributed by atoms with Gasteiger partial charge in [-0.05, 0) is 48.5 Å². The predicted molar refractivity (Wildman–Crippen MR) is 103 cm³/mol. The molecule has 1 N–H and O–H groups in total. The Morgan fingerprint density at radius 3 is 2.54 bits per heavy atom. The Labute approximate surface area is 165 Å². The molecule has 0 aliphatic heterocycles. The molecule has 0 bridgehead atoms. The van der Waals surface area contributed by atoms with E-state index in [0.717, 1.165) is 0 Å². The van der Waals surface area contributed by atoms with E-state index in [1.54, 1.807) is 43.4 Å². The van der Waals surface area contributed by atoms with Crippen LogP contribution in [0.4, 0.5) is 4.39 Å². The molecular weight excluding hydrogens is 387 g/mol. The van der Waals surface area contributed by atoms with Crippen LogP contribution in [-0.2, 0) is 18.4 Å². The zero-order valence-electron chi connectivity index (χ0n) is 15.1. The third kappa shape index (κ3) is 4.77. The second kappa shape index (κ2) is 8.71. The van der Waals surface area contributed by atoms with Gasteiger partial charge < -0.3 is 10.1 Å². The molecule has 0 aliphatic carbocycles. The van der Waals surface area contributed by atoms with Crippen molar-refractivity contribution < 1.29 is 13.9 Å². The van der Waals surface area contributed by atoms with Gasteiger partial charge in [0.25, 0.3) is 5.91 Å². The number of benzene rings is 2. The zero-order chi connectivity index (χ0) is 20.1. The highest BCUT2D eigenvalue weighted by molar-refractivity contribution is 6.30. The number of amides is 1. The Hall–Kier alpha value is -3.13. The molecule has 146 valence electrons. The highest BCUT2D eigenvalue weighted by Gasteiger charge is 2.12. The number of carbonyl (C=O) groups is 1. The summed E-state index contributed by atoms with van der Waals surface area (Å²) in [7, 11) is 1.59. The first-order valence-corrected chi connectivity index (χ1v) is 8.86. The minimum Gasteiger partial charge on any atom is -0.484 e. The monoisotopic (exact) mass is 404 g/mol. The summed E-state index contributed by atoms with van der Waals surface area (Å²) in [5, 5.41) is 7.51. The molecule has 1 amide bonds. The Kier molecular flexibility index (Phi) is 6.10. The van der Waals surface area contributed by atoms with E-state index in [1.165, 1.54) is 21.4 Å². The molecule has 3 rings (SSSR count). The lowest BCUT2D eigenvalue weighted by atomic mass is 10.2. The van der Waals surface area contributed by atoms with E-state index in [0.29, 0.717) is 22.2 Å². The van der Waals surface area contributed by atoms with Gasteiger partial charge in [-0.1, -0.05) is 11.6 Å². The van der Waals surface area contributed by atoms with E-state index in [9.17, 15) is 14.0 Å². The van der Waals surface area contributed by atoms with Gasteiger partial charge in [-0.2, -0.15) is 0 Å². The number of rotatable bonds is 7. The summed E-state index contributed by atoms with van der Waals surface area (Å²) in [6.45, 7) is 0.253. The maximum absolute atomic E-state index is 13.1. The topological polar surface area (TPSA) is 78.2 Å². The quantitative estimate of drug-likeness (QED) is 0.655. The average Bonchev–Trinajstić information content (AvgIpc) is 2.97. The van der Waals surface area contributed by atoms with Gasteiger partial charge in [0.15, 0.2) is 12.4 Å². The van der Waals surface area contributed by atoms with Crippen LogP contribution < -0.4 is 15.7 Å². The van der Waals surface area contributed by atoms with Gasteiger partial charge in [-0.15, -0.1) is 5.10 Å². The van der Waals surface area contributed by atoms with Crippen molar-refractivity contribution in [1.82, 2.24) is 19.7 Å². The number of hydrogen-bond donors (Lipinski definition) is 1. The Morgan fingerprint density at radius 2 is 1.86 bits per heavy atom. The normalized spacial score (nSPS) is 10.7. The lowest BCUT2D eigenvalue weighted by Gasteiger charge is -2.07. The van der Waals surface area contributed by atoms with Crippen LogP contribution in [0, 0.1) is 5.82 Å². The molecule has 0 saturated heterocycles. The number of carbonyl (C=O) groups excluding carboxylic acids is 1. The molecule has 0 aliphatic rings. The Balaban J connectivity index is 1.54. The largest absolute Gasteiger partial charge is 0.484 e. The summed E-state index contributed by atoms with van der Waals surface area (Å²) in [6, 6.07) is 12.4. The molecule has 1 heterocycles. The van der Waals surface area contributed by atoms with Crippen molar-refractivity contribution in [2.45, 2.75) is 6.54 Å². The third-order valence-corrected chi connectivity index (χ3v) is 4.22. The lowest BCUT2D eigenvalue weighted by molar-refractivity contribution is -0.123. The van der Waals surface area contributed by atoms with Gasteiger partial charge in [-0.25, -0.2) is 13.9 Å². The van der Waals surface area contributed by atoms with Crippen molar-refractivity contribution in [3.8, 4) is 17.1 Å². The summed E-state index contributed by atoms with van der Waals surface area (Å²) in [4.78, 5) is 24.2. The van der Waals surface area contributed by atoms with Crippen LogP contribution >= 0.6 is 11.6 Å². The van der Waals surface area contributed by atoms with Crippen LogP contribution in [0.2, 0.25) is 5.02 Å². The van der Waals surface area contributed by atoms with Crippen molar-refractivity contribution in [3.63, 3.8) is 0 Å². The van der Waals surface area contributed by atoms with Crippen LogP contribution in [0.25, 0.3) is 11.4 Å². The van der Waals surface area contributed by atoms with Crippen molar-refractivity contribution in [2.24, 2.45) is 7.05 Å². The molecule has 0 fully saturated rings. The number of aromatic nitrogens is 3. The maximum atomic E-state index is 13.1. The molecule has 0 spiro atoms. The van der Waals surface area contributed by atoms with Crippen molar-refractivity contribution in [2.75, 3.05) is 13.2 Å². The first-order valence-electron chi connectivity index (χ1n) is 8.49. The molecule has 1 aromatic heterocycles. The highest BCUT2D eigenvalue weighted by atomic mass is 35.5. The first-order chi connectivity index (χ1) is 13.4. The number of nitrogens with zero attached hydrogens (tertiary/aromatic N) is 3. The number of halogens is 2. The number of ether oxygens (including phenoxy) is 1. The molecule has 2 aromatic carbocycles. The highest BCUT2D eigenvalue weighted by Crippen LogP contribution is 2.16. The molecule has 0 radical (unpaired) electrons. The third-order valence-electron chi connectivity index (χ3n) is 3.97. The Bertz CT molecular complexity index is 1010. The maximum Gasteiger partial charge on any atom is 0.345 e. The van der Waals surface area contributed by atoms with Crippen LogP contribution in [-0.4, -0.2) is 33.4 Å². The van der Waals surface area contributed by atoms with E-state index in [4.69, 9.17) is 16.3 Å². The van der Waals surface area contributed by atoms with Gasteiger partial charge in [0.1, 0.15) is 11.6 Å². The summed E-state index contributed by atoms with van der Waals surface area (Å²) < 4.78 is 21.0. The second-order valence-electron chi connectivity index (χ2n) is 5.99. The molecule has 9 heteroatoms. The summed E-state index contributed by atoms with van der Waals surface area (Å²) in [5.74, 6) is 0.265. The van der Waals surface area contributed by atoms with Gasteiger partial charge in [0.05, 0.1) is 6.54 Å². The molecule has 0 atom stereocenters. The molecule has 3 aromatic rings. The SMILES string of the molecule is Cn1c(-c2ccc(F)cc2)nn(CCNC(=O)COc2ccc(Cl)cc2)c1=O. The van der Waals surface area contributed by atoms with E-state index in [1.807, 2.05) is 0 Å². The first kappa shape index (κ1) is 19.6. The zero-order valence-corrected chi connectivity index (χ0v) is 15.8. The van der Waals surface area contributed by atoms with Crippen molar-refractivity contribution in [3.05, 3.63) is 69.9 Å². The Morgan fingerprint density at radius 1 is 1.18 bits per heavy atom. The van der Waals surface area contributed by atoms with Gasteiger partial charge in [0.2, 0.25) is 0 Å². The number of hydrogen-bond acceptors (Lipinski definition) is 4. The second-order valence-corrected chi connectivity index (χ2v) is 6.42. The predicted octanol–water partition coefficient (Wildman–Crippen LogP) is 2.24. The summed E-state index contributed by atoms with van der Waals surface area (Å²) in [5.41, 5.74) is 0.297. The summed E-state index contributed by atoms with van der Waals surface area (Å²) >= 11 is 5.79. The van der Waals surface area contributed by atoms with Crippen LogP contribution in [0.3, 0.4) is 0 Å². The van der Waals surface area contributed by atoms with E-state index in [2.05, 4.69) is 10.4 Å². The average molecular weight is 405 g/mol. The minimum absolute atomic E-state index is 0.153. The van der Waals surface area contributed by atoms with E-state index < -0.39 is 0 Å². The van der Waals surface area contributed by atoms with Gasteiger partial charge in [0, 0.05) is 24.2 Å². The summed E-state index contributed by atoms with van der Waals surface area (Å²) in [6.07, 6.45) is 0. The van der Waals surface area contributed by atoms with Crippen molar-refractivity contribution in [1.29, 1.82) is 0 Å². The fourth-order valence-corrected chi connectivity index (χ4v) is 2.64. The standard InChI is InChI=1S/C19H18ClFN4O3/c1-24-18(13-2-6-15(21)7-3-13)23-25(19(24)27)11-10-22-17(26)12-28-16-8-4-14(20)5-9-16/h2-9H,10-12H2,1H3,(H,22,26). The van der Waals surface area contributed by atoms with Crippen LogP contribution in [0.5, 0.6) is 5.75 Å². The van der Waals surface area contributed by atoms with Gasteiger partial charge in [-0.3, -0.25) is 9.36 Å². The van der Waals surface area contributed by atoms with Crippen molar-refractivity contribution >= 4 is 17.5 Å². The van der Waals surface area contributed by atoms with E-state index >= 15 is 0 Å². The fraction of sp³-hybridized carbons (Fsp3) is 0.211. The molecular formula is C19H18ClFN4O3. The smallest absolute Gasteiger partial charge is 0.345 e. The molecule has 0 unspecified atom stereocenters. The molecule has 28 heavy (non-hydrogen) atoms. The van der Waals surface area contributed by atoms with Crippen LogP contribution in [0.15, 0.2) is 53.3 Å².